The lowest BCUT2D eigenvalue weighted by Gasteiger charge is -2.22. The van der Waals surface area contributed by atoms with Gasteiger partial charge >= 0.3 is 5.69 Å². The number of rotatable bonds is 6. The number of pyridine rings is 1. The summed E-state index contributed by atoms with van der Waals surface area (Å²) in [5, 5.41) is 14.3. The van der Waals surface area contributed by atoms with Gasteiger partial charge in [0.05, 0.1) is 4.92 Å². The third kappa shape index (κ3) is 3.81. The van der Waals surface area contributed by atoms with Crippen molar-refractivity contribution in [3.05, 3.63) is 22.2 Å². The Morgan fingerprint density at radius 2 is 2.33 bits per heavy atom. The van der Waals surface area contributed by atoms with Crippen LogP contribution >= 0.6 is 0 Å². The van der Waals surface area contributed by atoms with Crippen LogP contribution in [0.4, 0.5) is 17.3 Å². The van der Waals surface area contributed by atoms with Crippen LogP contribution in [0.2, 0.25) is 0 Å². The standard InChI is InChI=1S/C14H23N5O2/c1-4-15-13-6-5-12(19(20)21)14(16-13)18(3)10-11-7-8-17(2)9-11/h5-6,11H,4,7-10H2,1-3H3,(H,15,16). The van der Waals surface area contributed by atoms with E-state index in [-0.39, 0.29) is 10.6 Å². The minimum absolute atomic E-state index is 0.0607. The lowest BCUT2D eigenvalue weighted by atomic mass is 10.1. The molecule has 0 aliphatic carbocycles. The van der Waals surface area contributed by atoms with Crippen LogP contribution in [0.5, 0.6) is 0 Å². The van der Waals surface area contributed by atoms with Gasteiger partial charge in [-0.15, -0.1) is 0 Å². The van der Waals surface area contributed by atoms with Crippen LogP contribution in [0, 0.1) is 16.0 Å². The van der Waals surface area contributed by atoms with Crippen molar-refractivity contribution in [3.63, 3.8) is 0 Å². The molecule has 0 radical (unpaired) electrons. The molecule has 7 nitrogen and oxygen atoms in total. The molecule has 1 aliphatic heterocycles. The van der Waals surface area contributed by atoms with E-state index in [0.717, 1.165) is 32.6 Å². The minimum Gasteiger partial charge on any atom is -0.370 e. The van der Waals surface area contributed by atoms with Crippen LogP contribution in [0.25, 0.3) is 0 Å². The summed E-state index contributed by atoms with van der Waals surface area (Å²) in [6.07, 6.45) is 1.13. The fraction of sp³-hybridized carbons (Fsp3) is 0.643. The Morgan fingerprint density at radius 3 is 2.90 bits per heavy atom. The summed E-state index contributed by atoms with van der Waals surface area (Å²) in [5.41, 5.74) is 0.0607. The van der Waals surface area contributed by atoms with E-state index in [0.29, 0.717) is 17.6 Å². The molecule has 116 valence electrons. The van der Waals surface area contributed by atoms with Crippen molar-refractivity contribution in [2.75, 3.05) is 50.5 Å². The molecule has 1 N–H and O–H groups in total. The van der Waals surface area contributed by atoms with Crippen molar-refractivity contribution in [2.24, 2.45) is 5.92 Å². The zero-order chi connectivity index (χ0) is 15.4. The first-order valence-corrected chi connectivity index (χ1v) is 7.30. The highest BCUT2D eigenvalue weighted by atomic mass is 16.6. The highest BCUT2D eigenvalue weighted by Gasteiger charge is 2.25. The average molecular weight is 293 g/mol. The third-order valence-electron chi connectivity index (χ3n) is 3.79. The molecule has 7 heteroatoms. The number of anilines is 2. The van der Waals surface area contributed by atoms with Gasteiger partial charge in [0, 0.05) is 32.7 Å². The van der Waals surface area contributed by atoms with Crippen LogP contribution < -0.4 is 10.2 Å². The molecule has 0 bridgehead atoms. The van der Waals surface area contributed by atoms with Crippen molar-refractivity contribution in [3.8, 4) is 0 Å². The number of nitrogens with zero attached hydrogens (tertiary/aromatic N) is 4. The summed E-state index contributed by atoms with van der Waals surface area (Å²) in [6, 6.07) is 3.18. The largest absolute Gasteiger partial charge is 0.370 e. The molecule has 2 rings (SSSR count). The molecule has 1 aliphatic rings. The van der Waals surface area contributed by atoms with Gasteiger partial charge < -0.3 is 15.1 Å². The fourth-order valence-electron chi connectivity index (χ4n) is 2.79. The Kier molecular flexibility index (Phi) is 4.95. The Labute approximate surface area is 125 Å². The van der Waals surface area contributed by atoms with Gasteiger partial charge in [0.15, 0.2) is 0 Å². The second-order valence-electron chi connectivity index (χ2n) is 5.62. The maximum absolute atomic E-state index is 11.2. The number of hydrogen-bond acceptors (Lipinski definition) is 6. The van der Waals surface area contributed by atoms with Crippen molar-refractivity contribution >= 4 is 17.3 Å². The Bertz CT molecular complexity index is 508. The molecule has 1 aromatic heterocycles. The quantitative estimate of drug-likeness (QED) is 0.637. The zero-order valence-corrected chi connectivity index (χ0v) is 12.9. The van der Waals surface area contributed by atoms with Crippen LogP contribution in [0.1, 0.15) is 13.3 Å². The Balaban J connectivity index is 2.18. The van der Waals surface area contributed by atoms with E-state index in [1.807, 2.05) is 18.9 Å². The smallest absolute Gasteiger partial charge is 0.311 e. The second kappa shape index (κ2) is 6.71. The van der Waals surface area contributed by atoms with Gasteiger partial charge in [-0.05, 0) is 38.9 Å². The molecule has 1 aromatic rings. The first-order chi connectivity index (χ1) is 10.0. The van der Waals surface area contributed by atoms with Crippen LogP contribution in [-0.2, 0) is 0 Å². The van der Waals surface area contributed by atoms with Gasteiger partial charge in [0.1, 0.15) is 5.82 Å². The van der Waals surface area contributed by atoms with Crippen LogP contribution in [-0.4, -0.2) is 55.1 Å². The first kappa shape index (κ1) is 15.5. The Morgan fingerprint density at radius 1 is 1.57 bits per heavy atom. The number of hydrogen-bond donors (Lipinski definition) is 1. The molecule has 0 spiro atoms. The summed E-state index contributed by atoms with van der Waals surface area (Å²) in [7, 11) is 3.98. The van der Waals surface area contributed by atoms with E-state index < -0.39 is 0 Å². The summed E-state index contributed by atoms with van der Waals surface area (Å²) >= 11 is 0. The molecule has 0 aromatic carbocycles. The molecule has 1 saturated heterocycles. The normalized spacial score (nSPS) is 18.7. The molecular weight excluding hydrogens is 270 g/mol. The van der Waals surface area contributed by atoms with Gasteiger partial charge in [0.25, 0.3) is 0 Å². The topological polar surface area (TPSA) is 74.5 Å². The lowest BCUT2D eigenvalue weighted by molar-refractivity contribution is -0.384. The number of likely N-dealkylation sites (tertiary alicyclic amines) is 1. The van der Waals surface area contributed by atoms with Gasteiger partial charge in [-0.1, -0.05) is 0 Å². The van der Waals surface area contributed by atoms with Crippen molar-refractivity contribution < 1.29 is 4.92 Å². The molecule has 1 atom stereocenters. The highest BCUT2D eigenvalue weighted by Crippen LogP contribution is 2.28. The summed E-state index contributed by atoms with van der Waals surface area (Å²) in [5.74, 6) is 1.64. The predicted molar refractivity (Wildman–Crippen MR) is 83.9 cm³/mol. The molecular formula is C14H23N5O2. The molecule has 2 heterocycles. The number of aromatic nitrogens is 1. The summed E-state index contributed by atoms with van der Waals surface area (Å²) < 4.78 is 0. The molecule has 1 fully saturated rings. The second-order valence-corrected chi connectivity index (χ2v) is 5.62. The van der Waals surface area contributed by atoms with Gasteiger partial charge in [-0.2, -0.15) is 0 Å². The molecule has 1 unspecified atom stereocenters. The predicted octanol–water partition coefficient (Wildman–Crippen LogP) is 1.81. The third-order valence-corrected chi connectivity index (χ3v) is 3.79. The van der Waals surface area contributed by atoms with Gasteiger partial charge in [-0.25, -0.2) is 4.98 Å². The van der Waals surface area contributed by atoms with Gasteiger partial charge in [0.2, 0.25) is 5.82 Å². The first-order valence-electron chi connectivity index (χ1n) is 7.30. The maximum Gasteiger partial charge on any atom is 0.311 e. The highest BCUT2D eigenvalue weighted by molar-refractivity contribution is 5.61. The van der Waals surface area contributed by atoms with Crippen LogP contribution in [0.3, 0.4) is 0 Å². The molecule has 0 saturated carbocycles. The van der Waals surface area contributed by atoms with E-state index in [1.54, 1.807) is 6.07 Å². The molecule has 0 amide bonds. The zero-order valence-electron chi connectivity index (χ0n) is 12.9. The SMILES string of the molecule is CCNc1ccc([N+](=O)[O-])c(N(C)CC2CCN(C)C2)n1. The van der Waals surface area contributed by atoms with Crippen molar-refractivity contribution in [2.45, 2.75) is 13.3 Å². The van der Waals surface area contributed by atoms with E-state index in [9.17, 15) is 10.1 Å². The summed E-state index contributed by atoms with van der Waals surface area (Å²) in [6.45, 7) is 5.62. The minimum atomic E-state index is -0.366. The lowest BCUT2D eigenvalue weighted by Crippen LogP contribution is -2.28. The van der Waals surface area contributed by atoms with E-state index in [4.69, 9.17) is 0 Å². The monoisotopic (exact) mass is 293 g/mol. The Hall–Kier alpha value is -1.89. The van der Waals surface area contributed by atoms with E-state index in [2.05, 4.69) is 22.2 Å². The van der Waals surface area contributed by atoms with Gasteiger partial charge in [-0.3, -0.25) is 10.1 Å². The summed E-state index contributed by atoms with van der Waals surface area (Å²) in [4.78, 5) is 19.4. The van der Waals surface area contributed by atoms with Crippen LogP contribution in [0.15, 0.2) is 12.1 Å². The van der Waals surface area contributed by atoms with Crippen molar-refractivity contribution in [1.29, 1.82) is 0 Å². The number of nitro groups is 1. The van der Waals surface area contributed by atoms with E-state index >= 15 is 0 Å². The average Bonchev–Trinajstić information content (AvgIpc) is 2.84. The molecule has 21 heavy (non-hydrogen) atoms. The van der Waals surface area contributed by atoms with E-state index in [1.165, 1.54) is 6.07 Å². The fourth-order valence-corrected chi connectivity index (χ4v) is 2.79. The maximum atomic E-state index is 11.2. The van der Waals surface area contributed by atoms with Crippen molar-refractivity contribution in [1.82, 2.24) is 9.88 Å². The number of nitrogens with one attached hydrogen (secondary N) is 1.